The lowest BCUT2D eigenvalue weighted by molar-refractivity contribution is 0.449. The second-order valence-corrected chi connectivity index (χ2v) is 7.43. The van der Waals surface area contributed by atoms with Gasteiger partial charge in [-0.2, -0.15) is 5.10 Å². The average Bonchev–Trinajstić information content (AvgIpc) is 3.07. The van der Waals surface area contributed by atoms with Crippen LogP contribution >= 0.6 is 0 Å². The first-order valence-electron chi connectivity index (χ1n) is 9.59. The van der Waals surface area contributed by atoms with E-state index >= 15 is 0 Å². The summed E-state index contributed by atoms with van der Waals surface area (Å²) >= 11 is 0. The molecule has 0 bridgehead atoms. The largest absolute Gasteiger partial charge is 0.306 e. The zero-order chi connectivity index (χ0) is 17.9. The molecule has 4 rings (SSSR count). The summed E-state index contributed by atoms with van der Waals surface area (Å²) in [6.45, 7) is 6.13. The topological polar surface area (TPSA) is 29.9 Å². The van der Waals surface area contributed by atoms with Gasteiger partial charge in [0.15, 0.2) is 0 Å². The maximum absolute atomic E-state index is 4.70. The van der Waals surface area contributed by atoms with Gasteiger partial charge in [-0.3, -0.25) is 4.68 Å². The van der Waals surface area contributed by atoms with Gasteiger partial charge in [0.25, 0.3) is 0 Å². The summed E-state index contributed by atoms with van der Waals surface area (Å²) in [4.78, 5) is 0. The van der Waals surface area contributed by atoms with Crippen molar-refractivity contribution in [2.45, 2.75) is 52.2 Å². The number of nitrogens with zero attached hydrogens (tertiary/aromatic N) is 2. The molecule has 1 unspecified atom stereocenters. The molecule has 1 heterocycles. The summed E-state index contributed by atoms with van der Waals surface area (Å²) in [5.41, 5.74) is 8.18. The van der Waals surface area contributed by atoms with E-state index in [0.717, 1.165) is 19.5 Å². The van der Waals surface area contributed by atoms with Crippen molar-refractivity contribution in [2.75, 3.05) is 0 Å². The third kappa shape index (κ3) is 3.58. The second kappa shape index (κ2) is 7.46. The normalized spacial score (nSPS) is 16.5. The van der Waals surface area contributed by atoms with Crippen molar-refractivity contribution >= 4 is 0 Å². The molecule has 3 aromatic rings. The minimum atomic E-state index is 0.407. The van der Waals surface area contributed by atoms with Gasteiger partial charge in [-0.1, -0.05) is 48.5 Å². The number of rotatable bonds is 5. The molecule has 26 heavy (non-hydrogen) atoms. The maximum atomic E-state index is 4.70. The Kier molecular flexibility index (Phi) is 4.89. The van der Waals surface area contributed by atoms with Gasteiger partial charge >= 0.3 is 0 Å². The van der Waals surface area contributed by atoms with E-state index in [2.05, 4.69) is 78.6 Å². The van der Waals surface area contributed by atoms with E-state index in [9.17, 15) is 0 Å². The molecule has 2 aromatic carbocycles. The minimum absolute atomic E-state index is 0.407. The van der Waals surface area contributed by atoms with Gasteiger partial charge in [-0.05, 0) is 55.4 Å². The highest BCUT2D eigenvalue weighted by molar-refractivity contribution is 5.31. The minimum Gasteiger partial charge on any atom is -0.306 e. The molecule has 3 heteroatoms. The molecule has 0 amide bonds. The van der Waals surface area contributed by atoms with E-state index in [1.807, 2.05) is 0 Å². The summed E-state index contributed by atoms with van der Waals surface area (Å²) in [7, 11) is 0. The molecule has 3 nitrogen and oxygen atoms in total. The monoisotopic (exact) mass is 345 g/mol. The summed E-state index contributed by atoms with van der Waals surface area (Å²) in [5.74, 6) is 0. The van der Waals surface area contributed by atoms with Crippen LogP contribution in [0.15, 0.2) is 54.7 Å². The molecule has 134 valence electrons. The number of benzene rings is 2. The van der Waals surface area contributed by atoms with E-state index < -0.39 is 0 Å². The van der Waals surface area contributed by atoms with Gasteiger partial charge in [0, 0.05) is 23.8 Å². The molecule has 1 atom stereocenters. The molecule has 0 radical (unpaired) electrons. The second-order valence-electron chi connectivity index (χ2n) is 7.43. The van der Waals surface area contributed by atoms with Crippen LogP contribution in [0.4, 0.5) is 0 Å². The molecule has 0 fully saturated rings. The van der Waals surface area contributed by atoms with E-state index in [4.69, 9.17) is 5.10 Å². The first-order chi connectivity index (χ1) is 12.7. The van der Waals surface area contributed by atoms with Gasteiger partial charge in [-0.25, -0.2) is 0 Å². The lowest BCUT2D eigenvalue weighted by atomic mass is 9.92. The fourth-order valence-corrected chi connectivity index (χ4v) is 3.88. The number of aromatic nitrogens is 2. The van der Waals surface area contributed by atoms with E-state index in [1.165, 1.54) is 46.4 Å². The third-order valence-corrected chi connectivity index (χ3v) is 5.56. The zero-order valence-electron chi connectivity index (χ0n) is 15.7. The molecule has 0 saturated heterocycles. The van der Waals surface area contributed by atoms with Crippen LogP contribution in [0.1, 0.15) is 52.4 Å². The molecular formula is C23H27N3. The predicted octanol–water partition coefficient (Wildman–Crippen LogP) is 4.72. The Hall–Kier alpha value is -2.39. The fraction of sp³-hybridized carbons (Fsp3) is 0.348. The van der Waals surface area contributed by atoms with Gasteiger partial charge in [-0.15, -0.1) is 0 Å². The van der Waals surface area contributed by atoms with Crippen LogP contribution in [0.5, 0.6) is 0 Å². The van der Waals surface area contributed by atoms with E-state index in [1.54, 1.807) is 0 Å². The molecular weight excluding hydrogens is 318 g/mol. The van der Waals surface area contributed by atoms with Gasteiger partial charge in [0.05, 0.1) is 12.7 Å². The highest BCUT2D eigenvalue weighted by Gasteiger charge is 2.23. The van der Waals surface area contributed by atoms with Crippen LogP contribution < -0.4 is 5.32 Å². The van der Waals surface area contributed by atoms with E-state index in [-0.39, 0.29) is 0 Å². The molecule has 0 saturated carbocycles. The van der Waals surface area contributed by atoms with Crippen molar-refractivity contribution in [1.29, 1.82) is 0 Å². The van der Waals surface area contributed by atoms with Gasteiger partial charge in [0.1, 0.15) is 0 Å². The first kappa shape index (κ1) is 17.0. The van der Waals surface area contributed by atoms with E-state index in [0.29, 0.717) is 6.04 Å². The zero-order valence-corrected chi connectivity index (χ0v) is 15.7. The average molecular weight is 345 g/mol. The molecule has 1 N–H and O–H groups in total. The fourth-order valence-electron chi connectivity index (χ4n) is 3.88. The smallest absolute Gasteiger partial charge is 0.0662 e. The SMILES string of the molecule is Cc1ccc(CNC2CCCc3c2cnn3Cc2ccccc2)cc1C. The molecule has 0 aliphatic heterocycles. The number of hydrogen-bond acceptors (Lipinski definition) is 2. The molecule has 1 aliphatic carbocycles. The number of hydrogen-bond donors (Lipinski definition) is 1. The van der Waals surface area contributed by atoms with Crippen molar-refractivity contribution in [2.24, 2.45) is 0 Å². The summed E-state index contributed by atoms with van der Waals surface area (Å²) in [6.07, 6.45) is 5.62. The number of nitrogens with one attached hydrogen (secondary N) is 1. The van der Waals surface area contributed by atoms with Crippen LogP contribution in [0.25, 0.3) is 0 Å². The Morgan fingerprint density at radius 1 is 1.04 bits per heavy atom. The third-order valence-electron chi connectivity index (χ3n) is 5.56. The summed E-state index contributed by atoms with van der Waals surface area (Å²) < 4.78 is 2.19. The Balaban J connectivity index is 1.48. The van der Waals surface area contributed by atoms with Gasteiger partial charge < -0.3 is 5.32 Å². The maximum Gasteiger partial charge on any atom is 0.0662 e. The Bertz CT molecular complexity index is 880. The van der Waals surface area contributed by atoms with Crippen molar-refractivity contribution in [3.8, 4) is 0 Å². The quantitative estimate of drug-likeness (QED) is 0.725. The highest BCUT2D eigenvalue weighted by Crippen LogP contribution is 2.30. The highest BCUT2D eigenvalue weighted by atomic mass is 15.3. The number of fused-ring (bicyclic) bond motifs is 1. The van der Waals surface area contributed by atoms with Crippen LogP contribution in [-0.2, 0) is 19.5 Å². The molecule has 1 aromatic heterocycles. The summed E-state index contributed by atoms with van der Waals surface area (Å²) in [5, 5.41) is 8.47. The van der Waals surface area contributed by atoms with Crippen molar-refractivity contribution in [3.63, 3.8) is 0 Å². The van der Waals surface area contributed by atoms with Crippen molar-refractivity contribution in [3.05, 3.63) is 88.2 Å². The molecule has 0 spiro atoms. The predicted molar refractivity (Wildman–Crippen MR) is 106 cm³/mol. The number of aryl methyl sites for hydroxylation is 2. The van der Waals surface area contributed by atoms with Crippen LogP contribution in [-0.4, -0.2) is 9.78 Å². The lowest BCUT2D eigenvalue weighted by Gasteiger charge is -2.24. The first-order valence-corrected chi connectivity index (χ1v) is 9.59. The Labute approximate surface area is 156 Å². The van der Waals surface area contributed by atoms with Crippen LogP contribution in [0, 0.1) is 13.8 Å². The Morgan fingerprint density at radius 2 is 1.88 bits per heavy atom. The van der Waals surface area contributed by atoms with Crippen LogP contribution in [0.3, 0.4) is 0 Å². The van der Waals surface area contributed by atoms with Crippen molar-refractivity contribution in [1.82, 2.24) is 15.1 Å². The van der Waals surface area contributed by atoms with Crippen molar-refractivity contribution < 1.29 is 0 Å². The standard InChI is InChI=1S/C23H27N3/c1-17-11-12-20(13-18(17)2)14-24-22-9-6-10-23-21(22)15-25-26(23)16-19-7-4-3-5-8-19/h3-5,7-8,11-13,15,22,24H,6,9-10,14,16H2,1-2H3. The van der Waals surface area contributed by atoms with Crippen LogP contribution in [0.2, 0.25) is 0 Å². The van der Waals surface area contributed by atoms with Gasteiger partial charge in [0.2, 0.25) is 0 Å². The summed E-state index contributed by atoms with van der Waals surface area (Å²) in [6, 6.07) is 17.8. The Morgan fingerprint density at radius 3 is 2.69 bits per heavy atom. The lowest BCUT2D eigenvalue weighted by Crippen LogP contribution is -2.25. The molecule has 1 aliphatic rings.